The molecule has 0 aliphatic rings. The number of hydrogen-bond donors (Lipinski definition) is 1. The Bertz CT molecular complexity index is 307. The molecule has 2 unspecified atom stereocenters. The first-order chi connectivity index (χ1) is 8.19. The zero-order valence-corrected chi connectivity index (χ0v) is 11.5. The number of rotatable bonds is 7. The van der Waals surface area contributed by atoms with Gasteiger partial charge in [0.05, 0.1) is 7.11 Å². The van der Waals surface area contributed by atoms with Crippen LogP contribution in [0.25, 0.3) is 0 Å². The third kappa shape index (κ3) is 4.78. The van der Waals surface area contributed by atoms with Gasteiger partial charge in [0, 0.05) is 6.04 Å². The van der Waals surface area contributed by atoms with E-state index in [0.29, 0.717) is 6.04 Å². The molecule has 17 heavy (non-hydrogen) atoms. The summed E-state index contributed by atoms with van der Waals surface area (Å²) < 4.78 is 5.17. The van der Waals surface area contributed by atoms with E-state index in [9.17, 15) is 0 Å². The van der Waals surface area contributed by atoms with Gasteiger partial charge in [0.1, 0.15) is 5.75 Å². The summed E-state index contributed by atoms with van der Waals surface area (Å²) in [6, 6.07) is 8.94. The molecular weight excluding hydrogens is 210 g/mol. The first-order valence-corrected chi connectivity index (χ1v) is 6.49. The summed E-state index contributed by atoms with van der Waals surface area (Å²) in [6.07, 6.45) is 3.57. The highest BCUT2D eigenvalue weighted by Crippen LogP contribution is 2.16. The first-order valence-electron chi connectivity index (χ1n) is 6.49. The van der Waals surface area contributed by atoms with Crippen molar-refractivity contribution in [2.45, 2.75) is 39.2 Å². The highest BCUT2D eigenvalue weighted by atomic mass is 16.5. The van der Waals surface area contributed by atoms with Crippen LogP contribution < -0.4 is 10.1 Å². The minimum atomic E-state index is 0.568. The van der Waals surface area contributed by atoms with Crippen LogP contribution in [0, 0.1) is 5.92 Å². The van der Waals surface area contributed by atoms with Crippen molar-refractivity contribution in [3.8, 4) is 5.75 Å². The fourth-order valence-corrected chi connectivity index (χ4v) is 2.00. The zero-order chi connectivity index (χ0) is 12.7. The molecule has 1 N–H and O–H groups in total. The monoisotopic (exact) mass is 235 g/mol. The van der Waals surface area contributed by atoms with Crippen LogP contribution in [0.2, 0.25) is 0 Å². The minimum absolute atomic E-state index is 0.568. The molecule has 0 amide bonds. The SMILES string of the molecule is CCC(C)CC(Cc1ccc(OC)cc1)NC. The van der Waals surface area contributed by atoms with E-state index >= 15 is 0 Å². The summed E-state index contributed by atoms with van der Waals surface area (Å²) in [4.78, 5) is 0. The maximum atomic E-state index is 5.17. The summed E-state index contributed by atoms with van der Waals surface area (Å²) in [6.45, 7) is 4.57. The third-order valence-corrected chi connectivity index (χ3v) is 3.43. The van der Waals surface area contributed by atoms with Crippen LogP contribution in [-0.2, 0) is 6.42 Å². The van der Waals surface area contributed by atoms with Gasteiger partial charge < -0.3 is 10.1 Å². The van der Waals surface area contributed by atoms with Crippen molar-refractivity contribution in [1.29, 1.82) is 0 Å². The number of hydrogen-bond acceptors (Lipinski definition) is 2. The molecule has 2 heteroatoms. The Morgan fingerprint density at radius 2 is 1.88 bits per heavy atom. The molecule has 96 valence electrons. The fourth-order valence-electron chi connectivity index (χ4n) is 2.00. The molecule has 0 aliphatic carbocycles. The lowest BCUT2D eigenvalue weighted by Gasteiger charge is -2.20. The Labute approximate surface area is 105 Å². The van der Waals surface area contributed by atoms with E-state index in [1.807, 2.05) is 12.1 Å². The molecule has 0 fully saturated rings. The van der Waals surface area contributed by atoms with Gasteiger partial charge in [-0.05, 0) is 43.5 Å². The Morgan fingerprint density at radius 3 is 2.35 bits per heavy atom. The zero-order valence-electron chi connectivity index (χ0n) is 11.5. The Kier molecular flexibility index (Phi) is 6.06. The molecule has 2 atom stereocenters. The van der Waals surface area contributed by atoms with Gasteiger partial charge in [-0.25, -0.2) is 0 Å². The van der Waals surface area contributed by atoms with Gasteiger partial charge in [0.15, 0.2) is 0 Å². The molecule has 1 rings (SSSR count). The maximum absolute atomic E-state index is 5.17. The molecule has 0 aromatic heterocycles. The fraction of sp³-hybridized carbons (Fsp3) is 0.600. The van der Waals surface area contributed by atoms with E-state index < -0.39 is 0 Å². The summed E-state index contributed by atoms with van der Waals surface area (Å²) >= 11 is 0. The smallest absolute Gasteiger partial charge is 0.118 e. The molecule has 0 saturated carbocycles. The van der Waals surface area contributed by atoms with Gasteiger partial charge in [-0.15, -0.1) is 0 Å². The van der Waals surface area contributed by atoms with E-state index in [1.54, 1.807) is 7.11 Å². The van der Waals surface area contributed by atoms with Crippen molar-refractivity contribution in [2.24, 2.45) is 5.92 Å². The molecule has 0 radical (unpaired) electrons. The lowest BCUT2D eigenvalue weighted by molar-refractivity contribution is 0.408. The Hall–Kier alpha value is -1.02. The highest BCUT2D eigenvalue weighted by molar-refractivity contribution is 5.27. The van der Waals surface area contributed by atoms with Gasteiger partial charge in [-0.3, -0.25) is 0 Å². The quantitative estimate of drug-likeness (QED) is 0.783. The average molecular weight is 235 g/mol. The van der Waals surface area contributed by atoms with Gasteiger partial charge in [0.2, 0.25) is 0 Å². The largest absolute Gasteiger partial charge is 0.497 e. The van der Waals surface area contributed by atoms with Crippen molar-refractivity contribution in [3.63, 3.8) is 0 Å². The van der Waals surface area contributed by atoms with Crippen molar-refractivity contribution >= 4 is 0 Å². The van der Waals surface area contributed by atoms with Crippen LogP contribution in [0.4, 0.5) is 0 Å². The van der Waals surface area contributed by atoms with Crippen LogP contribution in [0.5, 0.6) is 5.75 Å². The van der Waals surface area contributed by atoms with E-state index in [0.717, 1.165) is 18.1 Å². The standard InChI is InChI=1S/C15H25NO/c1-5-12(2)10-14(16-3)11-13-6-8-15(17-4)9-7-13/h6-9,12,14,16H,5,10-11H2,1-4H3. The summed E-state index contributed by atoms with van der Waals surface area (Å²) in [5.74, 6) is 1.71. The van der Waals surface area contributed by atoms with Crippen LogP contribution in [0.3, 0.4) is 0 Å². The molecule has 1 aromatic carbocycles. The molecule has 0 aliphatic heterocycles. The Morgan fingerprint density at radius 1 is 1.24 bits per heavy atom. The van der Waals surface area contributed by atoms with Crippen LogP contribution >= 0.6 is 0 Å². The molecule has 2 nitrogen and oxygen atoms in total. The third-order valence-electron chi connectivity index (χ3n) is 3.43. The molecular formula is C15H25NO. The van der Waals surface area contributed by atoms with E-state index in [2.05, 4.69) is 38.3 Å². The van der Waals surface area contributed by atoms with Crippen molar-refractivity contribution in [3.05, 3.63) is 29.8 Å². The number of benzene rings is 1. The maximum Gasteiger partial charge on any atom is 0.118 e. The minimum Gasteiger partial charge on any atom is -0.497 e. The second kappa shape index (κ2) is 7.33. The normalized spacial score (nSPS) is 14.4. The van der Waals surface area contributed by atoms with Crippen molar-refractivity contribution in [2.75, 3.05) is 14.2 Å². The first kappa shape index (κ1) is 14.0. The lowest BCUT2D eigenvalue weighted by atomic mass is 9.95. The van der Waals surface area contributed by atoms with E-state index in [1.165, 1.54) is 18.4 Å². The number of nitrogens with one attached hydrogen (secondary N) is 1. The van der Waals surface area contributed by atoms with E-state index in [-0.39, 0.29) is 0 Å². The van der Waals surface area contributed by atoms with Gasteiger partial charge in [-0.1, -0.05) is 32.4 Å². The van der Waals surface area contributed by atoms with Crippen molar-refractivity contribution in [1.82, 2.24) is 5.32 Å². The molecule has 0 heterocycles. The van der Waals surface area contributed by atoms with Crippen LogP contribution in [0.15, 0.2) is 24.3 Å². The van der Waals surface area contributed by atoms with Crippen LogP contribution in [-0.4, -0.2) is 20.2 Å². The summed E-state index contributed by atoms with van der Waals surface area (Å²) in [5.41, 5.74) is 1.37. The highest BCUT2D eigenvalue weighted by Gasteiger charge is 2.11. The number of ether oxygens (including phenoxy) is 1. The summed E-state index contributed by atoms with van der Waals surface area (Å²) in [7, 11) is 3.75. The van der Waals surface area contributed by atoms with E-state index in [4.69, 9.17) is 4.74 Å². The number of likely N-dealkylation sites (N-methyl/N-ethyl adjacent to an activating group) is 1. The Balaban J connectivity index is 2.54. The topological polar surface area (TPSA) is 21.3 Å². The second-order valence-electron chi connectivity index (χ2n) is 4.79. The molecule has 1 aromatic rings. The number of methoxy groups -OCH3 is 1. The molecule has 0 saturated heterocycles. The summed E-state index contributed by atoms with van der Waals surface area (Å²) in [5, 5.41) is 3.41. The predicted molar refractivity (Wildman–Crippen MR) is 73.6 cm³/mol. The van der Waals surface area contributed by atoms with Gasteiger partial charge in [-0.2, -0.15) is 0 Å². The average Bonchev–Trinajstić information content (AvgIpc) is 2.38. The van der Waals surface area contributed by atoms with Crippen LogP contribution in [0.1, 0.15) is 32.3 Å². The molecule has 0 bridgehead atoms. The van der Waals surface area contributed by atoms with Gasteiger partial charge in [0.25, 0.3) is 0 Å². The molecule has 0 spiro atoms. The van der Waals surface area contributed by atoms with Gasteiger partial charge >= 0.3 is 0 Å². The lowest BCUT2D eigenvalue weighted by Crippen LogP contribution is -2.29. The predicted octanol–water partition coefficient (Wildman–Crippen LogP) is 3.26. The second-order valence-corrected chi connectivity index (χ2v) is 4.79. The van der Waals surface area contributed by atoms with Crippen molar-refractivity contribution < 1.29 is 4.74 Å².